The monoisotopic (exact) mass is 350 g/mol. The topological polar surface area (TPSA) is 51.2 Å². The van der Waals surface area contributed by atoms with Crippen molar-refractivity contribution in [2.45, 2.75) is 0 Å². The fourth-order valence-electron chi connectivity index (χ4n) is 4.03. The molecule has 0 aliphatic carbocycles. The summed E-state index contributed by atoms with van der Waals surface area (Å²) in [6.07, 6.45) is 1.78. The van der Waals surface area contributed by atoms with Crippen LogP contribution in [0.4, 0.5) is 0 Å². The molecule has 27 heavy (non-hydrogen) atoms. The Morgan fingerprint density at radius 1 is 0.778 bits per heavy atom. The van der Waals surface area contributed by atoms with Crippen molar-refractivity contribution < 1.29 is 9.52 Å². The molecule has 0 unspecified atom stereocenters. The summed E-state index contributed by atoms with van der Waals surface area (Å²) in [6.45, 7) is 0. The van der Waals surface area contributed by atoms with Gasteiger partial charge in [-0.05, 0) is 42.5 Å². The van der Waals surface area contributed by atoms with Gasteiger partial charge in [-0.2, -0.15) is 0 Å². The fourth-order valence-corrected chi connectivity index (χ4v) is 4.03. The lowest BCUT2D eigenvalue weighted by Crippen LogP contribution is -1.96. The molecule has 4 heteroatoms. The third-order valence-electron chi connectivity index (χ3n) is 5.13. The Bertz CT molecular complexity index is 1480. The number of nitrogens with zero attached hydrogens (tertiary/aromatic N) is 2. The summed E-state index contributed by atoms with van der Waals surface area (Å²) in [4.78, 5) is 4.57. The number of phenolic OH excluding ortho intramolecular Hbond substituents is 1. The number of furan rings is 1. The van der Waals surface area contributed by atoms with Crippen molar-refractivity contribution in [1.29, 1.82) is 0 Å². The third kappa shape index (κ3) is 1.89. The van der Waals surface area contributed by atoms with E-state index in [0.717, 1.165) is 49.6 Å². The first-order valence-corrected chi connectivity index (χ1v) is 8.80. The second kappa shape index (κ2) is 5.11. The van der Waals surface area contributed by atoms with Crippen molar-refractivity contribution in [3.8, 4) is 11.6 Å². The average Bonchev–Trinajstić information content (AvgIpc) is 3.23. The molecule has 0 aliphatic heterocycles. The minimum Gasteiger partial charge on any atom is -0.508 e. The van der Waals surface area contributed by atoms with E-state index in [2.05, 4.69) is 21.7 Å². The number of hydrogen-bond acceptors (Lipinski definition) is 3. The summed E-state index contributed by atoms with van der Waals surface area (Å²) in [5.41, 5.74) is 3.66. The Morgan fingerprint density at radius 2 is 1.63 bits per heavy atom. The van der Waals surface area contributed by atoms with Crippen LogP contribution in [-0.2, 0) is 0 Å². The zero-order valence-electron chi connectivity index (χ0n) is 14.3. The average molecular weight is 350 g/mol. The number of aromatic nitrogens is 2. The number of rotatable bonds is 1. The molecule has 3 aromatic carbocycles. The van der Waals surface area contributed by atoms with Gasteiger partial charge in [0.1, 0.15) is 22.7 Å². The lowest BCUT2D eigenvalue weighted by Gasteiger charge is -2.07. The molecule has 0 aliphatic rings. The van der Waals surface area contributed by atoms with Gasteiger partial charge in [0.15, 0.2) is 0 Å². The smallest absolute Gasteiger partial charge is 0.137 e. The van der Waals surface area contributed by atoms with Crippen LogP contribution in [0.15, 0.2) is 83.4 Å². The molecule has 0 saturated carbocycles. The summed E-state index contributed by atoms with van der Waals surface area (Å²) < 4.78 is 8.19. The Morgan fingerprint density at radius 3 is 2.52 bits per heavy atom. The first-order chi connectivity index (χ1) is 13.3. The van der Waals surface area contributed by atoms with Crippen LogP contribution in [0.1, 0.15) is 0 Å². The van der Waals surface area contributed by atoms with Gasteiger partial charge >= 0.3 is 0 Å². The van der Waals surface area contributed by atoms with E-state index in [1.54, 1.807) is 18.3 Å². The van der Waals surface area contributed by atoms with Crippen molar-refractivity contribution >= 4 is 43.7 Å². The molecule has 1 N–H and O–H groups in total. The highest BCUT2D eigenvalue weighted by Crippen LogP contribution is 2.40. The summed E-state index contributed by atoms with van der Waals surface area (Å²) in [5, 5.41) is 14.4. The molecule has 3 aromatic heterocycles. The van der Waals surface area contributed by atoms with E-state index in [1.807, 2.05) is 48.5 Å². The number of benzene rings is 3. The van der Waals surface area contributed by atoms with Gasteiger partial charge in [0.2, 0.25) is 0 Å². The maximum Gasteiger partial charge on any atom is 0.137 e. The lowest BCUT2D eigenvalue weighted by atomic mass is 10.1. The number of phenols is 1. The van der Waals surface area contributed by atoms with Crippen molar-refractivity contribution in [3.05, 3.63) is 79.0 Å². The summed E-state index contributed by atoms with van der Waals surface area (Å²) >= 11 is 0. The van der Waals surface area contributed by atoms with Crippen LogP contribution in [-0.4, -0.2) is 14.7 Å². The van der Waals surface area contributed by atoms with Crippen LogP contribution >= 0.6 is 0 Å². The molecule has 0 fully saturated rings. The summed E-state index contributed by atoms with van der Waals surface area (Å²) in [6, 6.07) is 23.5. The Labute approximate surface area is 153 Å². The highest BCUT2D eigenvalue weighted by molar-refractivity contribution is 6.24. The molecule has 0 atom stereocenters. The van der Waals surface area contributed by atoms with E-state index in [4.69, 9.17) is 4.42 Å². The van der Waals surface area contributed by atoms with Crippen LogP contribution in [0.5, 0.6) is 5.75 Å². The summed E-state index contributed by atoms with van der Waals surface area (Å²) in [7, 11) is 0. The molecule has 6 rings (SSSR count). The Hall–Kier alpha value is -3.79. The predicted molar refractivity (Wildman–Crippen MR) is 108 cm³/mol. The van der Waals surface area contributed by atoms with Crippen molar-refractivity contribution in [2.75, 3.05) is 0 Å². The zero-order chi connectivity index (χ0) is 18.0. The SMILES string of the molecule is Oc1ccc2c3ccc4oc5ccccc5c4c3n(-c3ccccn3)c2c1. The van der Waals surface area contributed by atoms with Crippen molar-refractivity contribution in [1.82, 2.24) is 9.55 Å². The fraction of sp³-hybridized carbons (Fsp3) is 0. The molecule has 128 valence electrons. The minimum atomic E-state index is 0.232. The van der Waals surface area contributed by atoms with E-state index in [1.165, 1.54) is 0 Å². The first-order valence-electron chi connectivity index (χ1n) is 8.80. The maximum absolute atomic E-state index is 10.1. The standard InChI is InChI=1S/C23H14N2O2/c26-14-8-9-15-16-10-11-20-22(17-5-1-2-6-19(17)27-20)23(16)25(18(15)13-14)21-7-3-4-12-24-21/h1-13,26H. The lowest BCUT2D eigenvalue weighted by molar-refractivity contribution is 0.476. The molecule has 3 heterocycles. The van der Waals surface area contributed by atoms with E-state index < -0.39 is 0 Å². The van der Waals surface area contributed by atoms with Gasteiger partial charge in [0.05, 0.1) is 16.4 Å². The van der Waals surface area contributed by atoms with Gasteiger partial charge in [-0.3, -0.25) is 4.57 Å². The van der Waals surface area contributed by atoms with E-state index in [9.17, 15) is 5.11 Å². The molecule has 0 spiro atoms. The molecule has 0 amide bonds. The van der Waals surface area contributed by atoms with Gasteiger partial charge in [-0.15, -0.1) is 0 Å². The second-order valence-corrected chi connectivity index (χ2v) is 6.66. The van der Waals surface area contributed by atoms with Crippen molar-refractivity contribution in [3.63, 3.8) is 0 Å². The Kier molecular flexibility index (Phi) is 2.72. The van der Waals surface area contributed by atoms with Gasteiger partial charge in [0, 0.05) is 28.4 Å². The van der Waals surface area contributed by atoms with Gasteiger partial charge in [-0.1, -0.05) is 24.3 Å². The number of pyridine rings is 1. The highest BCUT2D eigenvalue weighted by atomic mass is 16.3. The van der Waals surface area contributed by atoms with Crippen LogP contribution < -0.4 is 0 Å². The largest absolute Gasteiger partial charge is 0.508 e. The maximum atomic E-state index is 10.1. The Balaban J connectivity index is 1.95. The van der Waals surface area contributed by atoms with E-state index in [-0.39, 0.29) is 5.75 Å². The molecule has 4 nitrogen and oxygen atoms in total. The molecule has 0 bridgehead atoms. The molecule has 6 aromatic rings. The normalized spacial score (nSPS) is 11.9. The van der Waals surface area contributed by atoms with Gasteiger partial charge < -0.3 is 9.52 Å². The van der Waals surface area contributed by atoms with Crippen molar-refractivity contribution in [2.24, 2.45) is 0 Å². The number of aromatic hydroxyl groups is 1. The van der Waals surface area contributed by atoms with Gasteiger partial charge in [0.25, 0.3) is 0 Å². The molecule has 0 saturated heterocycles. The van der Waals surface area contributed by atoms with Crippen LogP contribution in [0.25, 0.3) is 49.6 Å². The first kappa shape index (κ1) is 14.4. The highest BCUT2D eigenvalue weighted by Gasteiger charge is 2.19. The third-order valence-corrected chi connectivity index (χ3v) is 5.13. The number of para-hydroxylation sites is 1. The zero-order valence-corrected chi connectivity index (χ0v) is 14.3. The van der Waals surface area contributed by atoms with Crippen LogP contribution in [0.2, 0.25) is 0 Å². The van der Waals surface area contributed by atoms with Crippen LogP contribution in [0.3, 0.4) is 0 Å². The van der Waals surface area contributed by atoms with Gasteiger partial charge in [-0.25, -0.2) is 4.98 Å². The minimum absolute atomic E-state index is 0.232. The molecular formula is C23H14N2O2. The number of fused-ring (bicyclic) bond motifs is 7. The van der Waals surface area contributed by atoms with E-state index >= 15 is 0 Å². The second-order valence-electron chi connectivity index (χ2n) is 6.66. The quantitative estimate of drug-likeness (QED) is 0.409. The molecule has 0 radical (unpaired) electrons. The van der Waals surface area contributed by atoms with Crippen LogP contribution in [0, 0.1) is 0 Å². The predicted octanol–water partition coefficient (Wildman–Crippen LogP) is 5.78. The van der Waals surface area contributed by atoms with E-state index in [0.29, 0.717) is 0 Å². The summed E-state index contributed by atoms with van der Waals surface area (Å²) in [5.74, 6) is 1.04. The molecular weight excluding hydrogens is 336 g/mol. The number of hydrogen-bond donors (Lipinski definition) is 1.